The smallest absolute Gasteiger partial charge is 0.370 e. The van der Waals surface area contributed by atoms with Crippen molar-refractivity contribution in [2.45, 2.75) is 26.3 Å². The number of thiazole rings is 1. The molecule has 0 saturated heterocycles. The third kappa shape index (κ3) is 6.49. The van der Waals surface area contributed by atoms with E-state index in [4.69, 9.17) is 18.8 Å². The lowest BCUT2D eigenvalue weighted by molar-refractivity contribution is -0.657. The Kier molecular flexibility index (Phi) is 8.42. The molecular weight excluding hydrogens is 551 g/mol. The van der Waals surface area contributed by atoms with Crippen LogP contribution in [0.25, 0.3) is 16.3 Å². The lowest BCUT2D eigenvalue weighted by Crippen LogP contribution is -2.39. The van der Waals surface area contributed by atoms with Gasteiger partial charge in [0.05, 0.1) is 31.7 Å². The molecule has 0 amide bonds. The van der Waals surface area contributed by atoms with Gasteiger partial charge in [0.2, 0.25) is 17.9 Å². The fraction of sp³-hybridized carbons (Fsp3) is 0.308. The van der Waals surface area contributed by atoms with Crippen LogP contribution in [-0.2, 0) is 21.5 Å². The van der Waals surface area contributed by atoms with E-state index in [1.165, 1.54) is 43.8 Å². The Morgan fingerprint density at radius 1 is 1.21 bits per heavy atom. The average Bonchev–Trinajstić information content (AvgIpc) is 3.38. The van der Waals surface area contributed by atoms with Crippen molar-refractivity contribution >= 4 is 49.4 Å². The number of fused-ring (bicyclic) bond motifs is 2. The number of carbonyl (C=O) groups is 1. The Hall–Kier alpha value is -3.68. The van der Waals surface area contributed by atoms with Gasteiger partial charge >= 0.3 is 5.97 Å². The summed E-state index contributed by atoms with van der Waals surface area (Å²) in [6.07, 6.45) is 4.23. The van der Waals surface area contributed by atoms with Gasteiger partial charge in [-0.1, -0.05) is 18.3 Å². The summed E-state index contributed by atoms with van der Waals surface area (Å²) in [4.78, 5) is 13.4. The minimum atomic E-state index is -4.16. The van der Waals surface area contributed by atoms with Crippen LogP contribution in [0.2, 0.25) is 0 Å². The third-order valence-electron chi connectivity index (χ3n) is 6.03. The number of rotatable bonds is 11. The zero-order valence-corrected chi connectivity index (χ0v) is 23.1. The molecule has 0 fully saturated rings. The van der Waals surface area contributed by atoms with Crippen LogP contribution in [0, 0.1) is 5.82 Å². The molecule has 0 bridgehead atoms. The number of methoxy groups -OCH3 is 2. The predicted octanol–water partition coefficient (Wildman–Crippen LogP) is 4.24. The second kappa shape index (κ2) is 11.6. The molecular formula is C26H28FN2O8S2+. The number of allylic oxidation sites excluding steroid dienone is 2. The zero-order valence-electron chi connectivity index (χ0n) is 21.5. The number of hydrogen-bond donors (Lipinski definition) is 2. The molecule has 2 N–H and O–H groups in total. The highest BCUT2D eigenvalue weighted by molar-refractivity contribution is 7.85. The Balaban J connectivity index is 1.77. The minimum absolute atomic E-state index is 0.0826. The molecule has 208 valence electrons. The average molecular weight is 580 g/mol. The van der Waals surface area contributed by atoms with Crippen molar-refractivity contribution in [3.05, 3.63) is 58.7 Å². The molecule has 1 aliphatic heterocycles. The second-order valence-electron chi connectivity index (χ2n) is 8.66. The summed E-state index contributed by atoms with van der Waals surface area (Å²) in [5.74, 6) is -0.188. The maximum atomic E-state index is 14.0. The van der Waals surface area contributed by atoms with Gasteiger partial charge in [0.15, 0.2) is 17.2 Å². The van der Waals surface area contributed by atoms with Crippen molar-refractivity contribution in [2.24, 2.45) is 0 Å². The zero-order chi connectivity index (χ0) is 28.3. The largest absolute Gasteiger partial charge is 0.493 e. The molecule has 0 radical (unpaired) electrons. The van der Waals surface area contributed by atoms with E-state index in [9.17, 15) is 22.7 Å². The summed E-state index contributed by atoms with van der Waals surface area (Å²) < 4.78 is 64.9. The van der Waals surface area contributed by atoms with E-state index >= 15 is 0 Å². The van der Waals surface area contributed by atoms with Crippen molar-refractivity contribution in [3.63, 3.8) is 0 Å². The number of carboxylic acid groups (broad SMARTS) is 1. The van der Waals surface area contributed by atoms with E-state index in [1.54, 1.807) is 27.7 Å². The standard InChI is InChI=1S/C26H27FN2O8S2/c1-4-16(10-24-28(8-5-9-39(32,33)34)18-12-17(27)6-7-20(18)37-24)11-25-29(15-26(30)31)19-13-21(35-2)22(36-3)14-23(19)38-25/h6-7,10-14H,4-5,8-9,15H2,1-3H3,(H-,30,31,32,33,34)/p+1. The maximum absolute atomic E-state index is 14.0. The van der Waals surface area contributed by atoms with Gasteiger partial charge in [-0.05, 0) is 30.5 Å². The molecule has 1 aliphatic rings. The summed E-state index contributed by atoms with van der Waals surface area (Å²) >= 11 is 1.38. The topological polar surface area (TPSA) is 126 Å². The summed E-state index contributed by atoms with van der Waals surface area (Å²) in [5, 5.41) is 10.3. The molecule has 39 heavy (non-hydrogen) atoms. The molecule has 4 rings (SSSR count). The van der Waals surface area contributed by atoms with Gasteiger partial charge in [-0.15, -0.1) is 0 Å². The Morgan fingerprint density at radius 3 is 2.56 bits per heavy atom. The molecule has 10 nitrogen and oxygen atoms in total. The number of halogens is 1. The van der Waals surface area contributed by atoms with Crippen molar-refractivity contribution in [2.75, 3.05) is 31.4 Å². The first-order valence-electron chi connectivity index (χ1n) is 12.0. The van der Waals surface area contributed by atoms with E-state index in [-0.39, 0.29) is 19.5 Å². The third-order valence-corrected chi connectivity index (χ3v) is 7.93. The molecule has 0 aliphatic carbocycles. The van der Waals surface area contributed by atoms with Gasteiger partial charge in [-0.2, -0.15) is 13.0 Å². The Bertz CT molecular complexity index is 1580. The van der Waals surface area contributed by atoms with Crippen molar-refractivity contribution in [1.29, 1.82) is 0 Å². The molecule has 0 atom stereocenters. The van der Waals surface area contributed by atoms with E-state index in [0.29, 0.717) is 45.8 Å². The maximum Gasteiger partial charge on any atom is 0.370 e. The van der Waals surface area contributed by atoms with Crippen molar-refractivity contribution < 1.29 is 46.0 Å². The number of benzene rings is 2. The molecule has 3 aromatic rings. The van der Waals surface area contributed by atoms with Gasteiger partial charge in [0.25, 0.3) is 15.1 Å². The van der Waals surface area contributed by atoms with E-state index in [2.05, 4.69) is 0 Å². The predicted molar refractivity (Wildman–Crippen MR) is 145 cm³/mol. The number of ether oxygens (including phenoxy) is 3. The highest BCUT2D eigenvalue weighted by Crippen LogP contribution is 2.40. The summed E-state index contributed by atoms with van der Waals surface area (Å²) in [7, 11) is -1.13. The van der Waals surface area contributed by atoms with Gasteiger partial charge < -0.3 is 24.2 Å². The molecule has 1 aromatic heterocycles. The first-order chi connectivity index (χ1) is 18.5. The highest BCUT2D eigenvalue weighted by Gasteiger charge is 2.28. The van der Waals surface area contributed by atoms with Crippen LogP contribution in [0.1, 0.15) is 24.8 Å². The van der Waals surface area contributed by atoms with Crippen LogP contribution in [0.15, 0.2) is 47.9 Å². The first kappa shape index (κ1) is 28.3. The number of nitrogens with zero attached hydrogens (tertiary/aromatic N) is 2. The number of aromatic nitrogens is 1. The van der Waals surface area contributed by atoms with Crippen LogP contribution in [0.3, 0.4) is 0 Å². The summed E-state index contributed by atoms with van der Waals surface area (Å²) in [5.41, 5.74) is 1.89. The van der Waals surface area contributed by atoms with Gasteiger partial charge in [0.1, 0.15) is 10.5 Å². The molecule has 2 heterocycles. The molecule has 0 saturated carbocycles. The van der Waals surface area contributed by atoms with Crippen molar-refractivity contribution in [3.8, 4) is 17.2 Å². The summed E-state index contributed by atoms with van der Waals surface area (Å²) in [6, 6.07) is 7.58. The Morgan fingerprint density at radius 2 is 1.92 bits per heavy atom. The van der Waals surface area contributed by atoms with Crippen LogP contribution in [0.5, 0.6) is 17.2 Å². The number of anilines is 1. The van der Waals surface area contributed by atoms with Crippen LogP contribution in [-0.4, -0.2) is 50.6 Å². The number of hydrogen-bond acceptors (Lipinski definition) is 8. The summed E-state index contributed by atoms with van der Waals surface area (Å²) in [6.45, 7) is 1.80. The fourth-order valence-electron chi connectivity index (χ4n) is 4.21. The lowest BCUT2D eigenvalue weighted by Gasteiger charge is -2.18. The molecule has 0 unspecified atom stereocenters. The van der Waals surface area contributed by atoms with E-state index in [1.807, 2.05) is 13.0 Å². The first-order valence-corrected chi connectivity index (χ1v) is 14.4. The van der Waals surface area contributed by atoms with E-state index < -0.39 is 27.7 Å². The fourth-order valence-corrected chi connectivity index (χ4v) is 5.86. The van der Waals surface area contributed by atoms with Gasteiger partial charge in [-0.3, -0.25) is 4.55 Å². The number of carboxylic acids is 1. The number of aliphatic carboxylic acids is 1. The SMILES string of the molecule is CCC(=Cc1sc2cc(OC)c(OC)cc2[n+]1CC(=O)O)C=C1Oc2ccc(F)cc2N1CCCS(=O)(=O)O. The van der Waals surface area contributed by atoms with Crippen LogP contribution >= 0.6 is 11.3 Å². The molecule has 13 heteroatoms. The van der Waals surface area contributed by atoms with E-state index in [0.717, 1.165) is 10.3 Å². The van der Waals surface area contributed by atoms with Crippen LogP contribution < -0.4 is 23.7 Å². The second-order valence-corrected chi connectivity index (χ2v) is 11.3. The Labute approximate surface area is 228 Å². The molecule has 0 spiro atoms. The normalized spacial score (nSPS) is 14.5. The molecule has 2 aromatic carbocycles. The monoisotopic (exact) mass is 579 g/mol. The lowest BCUT2D eigenvalue weighted by atomic mass is 10.2. The minimum Gasteiger partial charge on any atom is -0.493 e. The quantitative estimate of drug-likeness (QED) is 0.253. The van der Waals surface area contributed by atoms with Gasteiger partial charge in [0, 0.05) is 30.8 Å². The van der Waals surface area contributed by atoms with Crippen molar-refractivity contribution in [1.82, 2.24) is 0 Å². The van der Waals surface area contributed by atoms with Gasteiger partial charge in [-0.25, -0.2) is 9.18 Å². The van der Waals surface area contributed by atoms with Crippen LogP contribution in [0.4, 0.5) is 10.1 Å². The highest BCUT2D eigenvalue weighted by atomic mass is 32.2.